The van der Waals surface area contributed by atoms with E-state index < -0.39 is 6.04 Å². The molecule has 1 heterocycles. The molecule has 2 unspecified atom stereocenters. The summed E-state index contributed by atoms with van der Waals surface area (Å²) in [6.45, 7) is 12.3. The molecule has 1 aliphatic carbocycles. The van der Waals surface area contributed by atoms with E-state index in [1.54, 1.807) is 14.0 Å². The van der Waals surface area contributed by atoms with E-state index in [9.17, 15) is 9.59 Å². The number of amides is 1. The second-order valence-corrected chi connectivity index (χ2v) is 7.72. The van der Waals surface area contributed by atoms with Crippen LogP contribution in [0.25, 0.3) is 0 Å². The summed E-state index contributed by atoms with van der Waals surface area (Å²) in [5, 5.41) is 6.12. The van der Waals surface area contributed by atoms with Crippen molar-refractivity contribution in [3.8, 4) is 0 Å². The van der Waals surface area contributed by atoms with Crippen LogP contribution in [0.2, 0.25) is 0 Å². The van der Waals surface area contributed by atoms with Gasteiger partial charge in [-0.05, 0) is 37.0 Å². The first kappa shape index (κ1) is 16.8. The van der Waals surface area contributed by atoms with Crippen molar-refractivity contribution in [2.45, 2.75) is 52.6 Å². The van der Waals surface area contributed by atoms with Crippen LogP contribution in [0.1, 0.15) is 40.5 Å². The number of hydrogen-bond acceptors (Lipinski definition) is 4. The van der Waals surface area contributed by atoms with Gasteiger partial charge < -0.3 is 15.5 Å². The molecular formula is C17H29N3O2. The lowest BCUT2D eigenvalue weighted by Gasteiger charge is -2.37. The average Bonchev–Trinajstić information content (AvgIpc) is 2.65. The molecule has 5 nitrogen and oxygen atoms in total. The third-order valence-electron chi connectivity index (χ3n) is 5.08. The molecule has 1 aliphatic heterocycles. The lowest BCUT2D eigenvalue weighted by Crippen LogP contribution is -2.56. The molecule has 0 aromatic carbocycles. The number of Topliss-reactive ketones (excluding diaryl/α,β-unsaturated/α-hetero) is 1. The third kappa shape index (κ3) is 2.99. The number of likely N-dealkylation sites (tertiary alicyclic amines) is 1. The maximum absolute atomic E-state index is 13.1. The summed E-state index contributed by atoms with van der Waals surface area (Å²) >= 11 is 0. The normalized spacial score (nSPS) is 28.4. The first-order valence-electron chi connectivity index (χ1n) is 8.11. The fraction of sp³-hybridized carbons (Fsp3) is 0.765. The molecule has 0 aromatic heterocycles. The first-order valence-corrected chi connectivity index (χ1v) is 8.11. The van der Waals surface area contributed by atoms with E-state index in [1.165, 1.54) is 0 Å². The molecule has 1 amide bonds. The Hall–Kier alpha value is -1.52. The Morgan fingerprint density at radius 3 is 2.32 bits per heavy atom. The highest BCUT2D eigenvalue weighted by Gasteiger charge is 2.52. The molecule has 4 atom stereocenters. The highest BCUT2D eigenvalue weighted by atomic mass is 16.2. The maximum atomic E-state index is 13.1. The topological polar surface area (TPSA) is 61.4 Å². The lowest BCUT2D eigenvalue weighted by atomic mass is 9.72. The Balaban J connectivity index is 2.22. The largest absolute Gasteiger partial charge is 0.375 e. The summed E-state index contributed by atoms with van der Waals surface area (Å²) in [6.07, 6.45) is 2.20. The van der Waals surface area contributed by atoms with E-state index in [0.717, 1.165) is 12.8 Å². The summed E-state index contributed by atoms with van der Waals surface area (Å²) < 4.78 is 0. The monoisotopic (exact) mass is 307 g/mol. The van der Waals surface area contributed by atoms with Gasteiger partial charge in [0.15, 0.2) is 5.78 Å². The summed E-state index contributed by atoms with van der Waals surface area (Å²) in [6, 6.07) is -0.632. The number of carbonyl (C=O) groups is 2. The SMILES string of the molecule is C=C(NC)NC(C(=O)N1C[C@@H]2CC[C@@H]2C1C(C)=O)C(C)(C)C. The lowest BCUT2D eigenvalue weighted by molar-refractivity contribution is -0.141. The zero-order chi connectivity index (χ0) is 16.7. The van der Waals surface area contributed by atoms with Crippen LogP contribution in [0.5, 0.6) is 0 Å². The van der Waals surface area contributed by atoms with Crippen molar-refractivity contribution in [2.24, 2.45) is 17.3 Å². The van der Waals surface area contributed by atoms with Crippen molar-refractivity contribution in [1.29, 1.82) is 0 Å². The zero-order valence-corrected chi connectivity index (χ0v) is 14.4. The van der Waals surface area contributed by atoms with Gasteiger partial charge in [0, 0.05) is 13.6 Å². The molecule has 2 aliphatic rings. The Morgan fingerprint density at radius 2 is 1.91 bits per heavy atom. The van der Waals surface area contributed by atoms with Crippen LogP contribution in [0.4, 0.5) is 0 Å². The highest BCUT2D eigenvalue weighted by Crippen LogP contribution is 2.45. The number of hydrogen-bond donors (Lipinski definition) is 2. The van der Waals surface area contributed by atoms with Crippen LogP contribution >= 0.6 is 0 Å². The average molecular weight is 307 g/mol. The Morgan fingerprint density at radius 1 is 1.27 bits per heavy atom. The molecule has 22 heavy (non-hydrogen) atoms. The van der Waals surface area contributed by atoms with E-state index >= 15 is 0 Å². The quantitative estimate of drug-likeness (QED) is 0.808. The number of nitrogens with zero attached hydrogens (tertiary/aromatic N) is 1. The van der Waals surface area contributed by atoms with E-state index in [0.29, 0.717) is 24.2 Å². The Bertz CT molecular complexity index is 481. The van der Waals surface area contributed by atoms with Gasteiger partial charge >= 0.3 is 0 Å². The van der Waals surface area contributed by atoms with Gasteiger partial charge in [0.05, 0.1) is 11.9 Å². The smallest absolute Gasteiger partial charge is 0.246 e. The second kappa shape index (κ2) is 5.94. The predicted molar refractivity (Wildman–Crippen MR) is 87.0 cm³/mol. The highest BCUT2D eigenvalue weighted by molar-refractivity contribution is 5.91. The molecule has 0 radical (unpaired) electrons. The van der Waals surface area contributed by atoms with E-state index in [2.05, 4.69) is 17.2 Å². The Kier molecular flexibility index (Phi) is 4.54. The van der Waals surface area contributed by atoms with Crippen molar-refractivity contribution in [3.63, 3.8) is 0 Å². The number of nitrogens with one attached hydrogen (secondary N) is 2. The second-order valence-electron chi connectivity index (χ2n) is 7.72. The summed E-state index contributed by atoms with van der Waals surface area (Å²) in [7, 11) is 1.77. The van der Waals surface area contributed by atoms with E-state index in [1.807, 2.05) is 25.7 Å². The molecule has 0 aromatic rings. The van der Waals surface area contributed by atoms with E-state index in [-0.39, 0.29) is 23.1 Å². The van der Waals surface area contributed by atoms with Crippen molar-refractivity contribution < 1.29 is 9.59 Å². The molecule has 0 bridgehead atoms. The predicted octanol–water partition coefficient (Wildman–Crippen LogP) is 1.51. The fourth-order valence-corrected chi connectivity index (χ4v) is 3.64. The van der Waals surface area contributed by atoms with Gasteiger partial charge in [-0.25, -0.2) is 0 Å². The van der Waals surface area contributed by atoms with Gasteiger partial charge in [0.25, 0.3) is 0 Å². The minimum atomic E-state index is -0.396. The molecular weight excluding hydrogens is 278 g/mol. The van der Waals surface area contributed by atoms with Gasteiger partial charge in [-0.2, -0.15) is 0 Å². The number of carbonyl (C=O) groups excluding carboxylic acids is 2. The van der Waals surface area contributed by atoms with Gasteiger partial charge in [0.2, 0.25) is 5.91 Å². The van der Waals surface area contributed by atoms with Crippen LogP contribution in [-0.2, 0) is 9.59 Å². The summed E-state index contributed by atoms with van der Waals surface area (Å²) in [5.41, 5.74) is -0.264. The van der Waals surface area contributed by atoms with Crippen LogP contribution in [0.3, 0.4) is 0 Å². The third-order valence-corrected chi connectivity index (χ3v) is 5.08. The van der Waals surface area contributed by atoms with Crippen molar-refractivity contribution in [1.82, 2.24) is 15.5 Å². The van der Waals surface area contributed by atoms with Crippen molar-refractivity contribution >= 4 is 11.7 Å². The molecule has 124 valence electrons. The minimum absolute atomic E-state index is 0.0125. The number of fused-ring (bicyclic) bond motifs is 1. The molecule has 5 heteroatoms. The van der Waals surface area contributed by atoms with Crippen molar-refractivity contribution in [3.05, 3.63) is 12.4 Å². The molecule has 1 saturated heterocycles. The van der Waals surface area contributed by atoms with Crippen LogP contribution in [0, 0.1) is 17.3 Å². The van der Waals surface area contributed by atoms with Crippen LogP contribution in [-0.4, -0.2) is 42.3 Å². The molecule has 0 spiro atoms. The molecule has 2 N–H and O–H groups in total. The standard InChI is InChI=1S/C17H29N3O2/c1-10(21)14-13-8-7-12(13)9-20(14)16(22)15(17(3,4)5)19-11(2)18-6/h12-15,18-19H,2,7-9H2,1,3-6H3/t12-,13-,14?,15?/m0/s1. The van der Waals surface area contributed by atoms with Gasteiger partial charge in [-0.1, -0.05) is 27.4 Å². The van der Waals surface area contributed by atoms with Gasteiger partial charge in [-0.15, -0.1) is 0 Å². The summed E-state index contributed by atoms with van der Waals surface area (Å²) in [5.74, 6) is 1.62. The van der Waals surface area contributed by atoms with Gasteiger partial charge in [-0.3, -0.25) is 9.59 Å². The number of rotatable bonds is 5. The first-order chi connectivity index (χ1) is 10.2. The van der Waals surface area contributed by atoms with Crippen LogP contribution < -0.4 is 10.6 Å². The number of ketones is 1. The van der Waals surface area contributed by atoms with Crippen LogP contribution in [0.15, 0.2) is 12.4 Å². The van der Waals surface area contributed by atoms with Crippen molar-refractivity contribution in [2.75, 3.05) is 13.6 Å². The molecule has 1 saturated carbocycles. The zero-order valence-electron chi connectivity index (χ0n) is 14.4. The van der Waals surface area contributed by atoms with Gasteiger partial charge in [0.1, 0.15) is 6.04 Å². The Labute approximate surface area is 133 Å². The molecule has 2 rings (SSSR count). The minimum Gasteiger partial charge on any atom is -0.375 e. The van der Waals surface area contributed by atoms with E-state index in [4.69, 9.17) is 0 Å². The fourth-order valence-electron chi connectivity index (χ4n) is 3.64. The summed E-state index contributed by atoms with van der Waals surface area (Å²) in [4.78, 5) is 27.0. The molecule has 2 fully saturated rings. The maximum Gasteiger partial charge on any atom is 0.246 e.